The molecule has 0 saturated carbocycles. The van der Waals surface area contributed by atoms with E-state index in [9.17, 15) is 4.79 Å². The zero-order chi connectivity index (χ0) is 20.1. The van der Waals surface area contributed by atoms with Crippen molar-refractivity contribution in [3.8, 4) is 5.75 Å². The van der Waals surface area contributed by atoms with Gasteiger partial charge < -0.3 is 15.0 Å². The van der Waals surface area contributed by atoms with Crippen LogP contribution in [0.4, 0.5) is 5.69 Å². The molecule has 5 heteroatoms. The van der Waals surface area contributed by atoms with E-state index in [1.165, 1.54) is 11.1 Å². The molecule has 0 aliphatic carbocycles. The molecule has 1 aliphatic rings. The standard InChI is InChI=1S/C24H25N3O2/c1-29-22-8-6-18(7-9-22)10-13-26-24(28)23-16-21(11-14-25-23)27-15-12-19-4-2-3-5-20(19)17-27/h2-9,11,14,16H,10,12-13,15,17H2,1H3,(H,26,28). The van der Waals surface area contributed by atoms with Crippen LogP contribution < -0.4 is 15.0 Å². The Morgan fingerprint density at radius 1 is 1.10 bits per heavy atom. The Hall–Kier alpha value is -3.34. The molecule has 0 saturated heterocycles. The van der Waals surface area contributed by atoms with Gasteiger partial charge in [0.05, 0.1) is 7.11 Å². The first kappa shape index (κ1) is 19.0. The van der Waals surface area contributed by atoms with Crippen molar-refractivity contribution in [3.63, 3.8) is 0 Å². The van der Waals surface area contributed by atoms with Crippen LogP contribution in [-0.2, 0) is 19.4 Å². The minimum atomic E-state index is -0.141. The highest BCUT2D eigenvalue weighted by Gasteiger charge is 2.17. The maximum Gasteiger partial charge on any atom is 0.269 e. The lowest BCUT2D eigenvalue weighted by atomic mass is 9.99. The van der Waals surface area contributed by atoms with E-state index in [2.05, 4.69) is 39.5 Å². The quantitative estimate of drug-likeness (QED) is 0.702. The number of nitrogens with zero attached hydrogens (tertiary/aromatic N) is 2. The number of anilines is 1. The Kier molecular flexibility index (Phi) is 5.75. The number of methoxy groups -OCH3 is 1. The van der Waals surface area contributed by atoms with Crippen molar-refractivity contribution < 1.29 is 9.53 Å². The zero-order valence-corrected chi connectivity index (χ0v) is 16.6. The molecule has 2 aromatic carbocycles. The smallest absolute Gasteiger partial charge is 0.269 e. The highest BCUT2D eigenvalue weighted by molar-refractivity contribution is 5.93. The predicted octanol–water partition coefficient (Wildman–Crippen LogP) is 3.63. The summed E-state index contributed by atoms with van der Waals surface area (Å²) in [6.07, 6.45) is 3.49. The van der Waals surface area contributed by atoms with Crippen LogP contribution in [-0.4, -0.2) is 31.1 Å². The number of nitrogens with one attached hydrogen (secondary N) is 1. The lowest BCUT2D eigenvalue weighted by molar-refractivity contribution is 0.0949. The van der Waals surface area contributed by atoms with Gasteiger partial charge in [0.15, 0.2) is 0 Å². The van der Waals surface area contributed by atoms with Crippen LogP contribution in [0.1, 0.15) is 27.2 Å². The van der Waals surface area contributed by atoms with Crippen LogP contribution in [0, 0.1) is 0 Å². The molecule has 0 unspecified atom stereocenters. The van der Waals surface area contributed by atoms with E-state index in [0.717, 1.165) is 42.9 Å². The van der Waals surface area contributed by atoms with Crippen LogP contribution in [0.15, 0.2) is 66.9 Å². The number of carbonyl (C=O) groups excluding carboxylic acids is 1. The summed E-state index contributed by atoms with van der Waals surface area (Å²) in [6, 6.07) is 20.3. The molecule has 0 bridgehead atoms. The number of benzene rings is 2. The number of amides is 1. The molecule has 1 N–H and O–H groups in total. The third-order valence-corrected chi connectivity index (χ3v) is 5.33. The van der Waals surface area contributed by atoms with Gasteiger partial charge in [-0.25, -0.2) is 0 Å². The number of aromatic nitrogens is 1. The molecular weight excluding hydrogens is 362 g/mol. The first-order chi connectivity index (χ1) is 14.2. The molecule has 2 heterocycles. The second-order valence-electron chi connectivity index (χ2n) is 7.19. The Labute approximate surface area is 171 Å². The number of fused-ring (bicyclic) bond motifs is 1. The second-order valence-corrected chi connectivity index (χ2v) is 7.19. The second kappa shape index (κ2) is 8.78. The number of hydrogen-bond acceptors (Lipinski definition) is 4. The van der Waals surface area contributed by atoms with Gasteiger partial charge in [-0.05, 0) is 53.8 Å². The average molecular weight is 387 g/mol. The van der Waals surface area contributed by atoms with E-state index in [4.69, 9.17) is 4.74 Å². The Morgan fingerprint density at radius 3 is 2.69 bits per heavy atom. The Morgan fingerprint density at radius 2 is 1.90 bits per heavy atom. The summed E-state index contributed by atoms with van der Waals surface area (Å²) in [5, 5.41) is 2.97. The summed E-state index contributed by atoms with van der Waals surface area (Å²) in [4.78, 5) is 19.1. The van der Waals surface area contributed by atoms with E-state index in [1.807, 2.05) is 36.4 Å². The molecule has 0 radical (unpaired) electrons. The molecule has 0 atom stereocenters. The molecule has 0 spiro atoms. The van der Waals surface area contributed by atoms with Crippen LogP contribution in [0.5, 0.6) is 5.75 Å². The van der Waals surface area contributed by atoms with Crippen molar-refractivity contribution in [1.82, 2.24) is 10.3 Å². The Bertz CT molecular complexity index is 985. The number of ether oxygens (including phenoxy) is 1. The average Bonchev–Trinajstić information content (AvgIpc) is 2.79. The molecule has 1 amide bonds. The largest absolute Gasteiger partial charge is 0.497 e. The van der Waals surface area contributed by atoms with Crippen LogP contribution >= 0.6 is 0 Å². The number of carbonyl (C=O) groups is 1. The minimum absolute atomic E-state index is 0.141. The molecule has 4 rings (SSSR count). The number of hydrogen-bond donors (Lipinski definition) is 1. The van der Waals surface area contributed by atoms with Gasteiger partial charge in [-0.15, -0.1) is 0 Å². The summed E-state index contributed by atoms with van der Waals surface area (Å²) in [6.45, 7) is 2.37. The predicted molar refractivity (Wildman–Crippen MR) is 114 cm³/mol. The van der Waals surface area contributed by atoms with Crippen LogP contribution in [0.3, 0.4) is 0 Å². The monoisotopic (exact) mass is 387 g/mol. The molecule has 5 nitrogen and oxygen atoms in total. The third-order valence-electron chi connectivity index (χ3n) is 5.33. The Balaban J connectivity index is 1.36. The van der Waals surface area contributed by atoms with Crippen molar-refractivity contribution in [1.29, 1.82) is 0 Å². The highest BCUT2D eigenvalue weighted by Crippen LogP contribution is 2.24. The van der Waals surface area contributed by atoms with Gasteiger partial charge in [0, 0.05) is 31.5 Å². The van der Waals surface area contributed by atoms with Gasteiger partial charge in [0.2, 0.25) is 0 Å². The maximum absolute atomic E-state index is 12.6. The van der Waals surface area contributed by atoms with Gasteiger partial charge in [-0.3, -0.25) is 9.78 Å². The fourth-order valence-corrected chi connectivity index (χ4v) is 3.66. The third kappa shape index (κ3) is 4.57. The van der Waals surface area contributed by atoms with E-state index < -0.39 is 0 Å². The van der Waals surface area contributed by atoms with Crippen LogP contribution in [0.25, 0.3) is 0 Å². The van der Waals surface area contributed by atoms with E-state index in [1.54, 1.807) is 13.3 Å². The SMILES string of the molecule is COc1ccc(CCNC(=O)c2cc(N3CCc4ccccc4C3)ccn2)cc1. The van der Waals surface area contributed by atoms with E-state index >= 15 is 0 Å². The fraction of sp³-hybridized carbons (Fsp3) is 0.250. The molecule has 1 aromatic heterocycles. The lowest BCUT2D eigenvalue weighted by Gasteiger charge is -2.30. The molecule has 29 heavy (non-hydrogen) atoms. The number of rotatable bonds is 6. The minimum Gasteiger partial charge on any atom is -0.497 e. The molecular formula is C24H25N3O2. The normalized spacial score (nSPS) is 12.9. The molecule has 148 valence electrons. The first-order valence-corrected chi connectivity index (χ1v) is 9.92. The van der Waals surface area contributed by atoms with Crippen molar-refractivity contribution in [3.05, 3.63) is 89.2 Å². The van der Waals surface area contributed by atoms with Crippen molar-refractivity contribution in [2.24, 2.45) is 0 Å². The van der Waals surface area contributed by atoms with Crippen molar-refractivity contribution >= 4 is 11.6 Å². The lowest BCUT2D eigenvalue weighted by Crippen LogP contribution is -2.31. The summed E-state index contributed by atoms with van der Waals surface area (Å²) in [5.41, 5.74) is 5.40. The van der Waals surface area contributed by atoms with E-state index in [0.29, 0.717) is 12.2 Å². The van der Waals surface area contributed by atoms with Gasteiger partial charge >= 0.3 is 0 Å². The van der Waals surface area contributed by atoms with Gasteiger partial charge in [0.25, 0.3) is 5.91 Å². The molecule has 3 aromatic rings. The molecule has 1 aliphatic heterocycles. The first-order valence-electron chi connectivity index (χ1n) is 9.92. The van der Waals surface area contributed by atoms with Gasteiger partial charge in [0.1, 0.15) is 11.4 Å². The van der Waals surface area contributed by atoms with E-state index in [-0.39, 0.29) is 5.91 Å². The van der Waals surface area contributed by atoms with Gasteiger partial charge in [-0.2, -0.15) is 0 Å². The van der Waals surface area contributed by atoms with Crippen molar-refractivity contribution in [2.45, 2.75) is 19.4 Å². The maximum atomic E-state index is 12.6. The summed E-state index contributed by atoms with van der Waals surface area (Å²) >= 11 is 0. The fourth-order valence-electron chi connectivity index (χ4n) is 3.66. The topological polar surface area (TPSA) is 54.5 Å². The van der Waals surface area contributed by atoms with Crippen LogP contribution in [0.2, 0.25) is 0 Å². The highest BCUT2D eigenvalue weighted by atomic mass is 16.5. The number of pyridine rings is 1. The summed E-state index contributed by atoms with van der Waals surface area (Å²) < 4.78 is 5.17. The van der Waals surface area contributed by atoms with Gasteiger partial charge in [-0.1, -0.05) is 36.4 Å². The summed E-state index contributed by atoms with van der Waals surface area (Å²) in [7, 11) is 1.65. The zero-order valence-electron chi connectivity index (χ0n) is 16.6. The molecule has 0 fully saturated rings. The van der Waals surface area contributed by atoms with Crippen molar-refractivity contribution in [2.75, 3.05) is 25.1 Å². The summed E-state index contributed by atoms with van der Waals surface area (Å²) in [5.74, 6) is 0.692.